The first kappa shape index (κ1) is 8.49. The Morgan fingerprint density at radius 1 is 1.91 bits per heavy atom. The van der Waals surface area contributed by atoms with E-state index in [-0.39, 0.29) is 0 Å². The zero-order chi connectivity index (χ0) is 8.27. The van der Waals surface area contributed by atoms with E-state index >= 15 is 0 Å². The Labute approximate surface area is 73.1 Å². The predicted octanol–water partition coefficient (Wildman–Crippen LogP) is 1.97. The summed E-state index contributed by atoms with van der Waals surface area (Å²) in [4.78, 5) is 11.4. The van der Waals surface area contributed by atoms with Crippen LogP contribution in [0.3, 0.4) is 0 Å². The van der Waals surface area contributed by atoms with E-state index in [0.29, 0.717) is 16.5 Å². The highest BCUT2D eigenvalue weighted by Crippen LogP contribution is 2.19. The molecule has 1 aromatic rings. The third-order valence-corrected chi connectivity index (χ3v) is 2.17. The average molecular weight is 192 g/mol. The maximum Gasteiger partial charge on any atom is 0.351 e. The molecule has 0 amide bonds. The first-order chi connectivity index (χ1) is 5.25. The molecule has 0 atom stereocenters. The second-order valence-corrected chi connectivity index (χ2v) is 2.93. The van der Waals surface area contributed by atoms with E-state index in [1.54, 1.807) is 6.92 Å². The summed E-state index contributed by atoms with van der Waals surface area (Å²) in [7, 11) is 0. The lowest BCUT2D eigenvalue weighted by Gasteiger charge is -1.96. The molecule has 1 aromatic heterocycles. The number of carbonyl (C=O) groups excluding carboxylic acids is 1. The largest absolute Gasteiger partial charge is 0.462 e. The number of ether oxygens (including phenoxy) is 1. The van der Waals surface area contributed by atoms with Crippen molar-refractivity contribution in [1.29, 1.82) is 0 Å². The lowest BCUT2D eigenvalue weighted by atomic mass is 10.5. The molecule has 0 radical (unpaired) electrons. The number of hydrogen-bond donors (Lipinski definition) is 0. The van der Waals surface area contributed by atoms with Crippen LogP contribution in [0.2, 0.25) is 5.02 Å². The maximum absolute atomic E-state index is 11.0. The van der Waals surface area contributed by atoms with Crippen LogP contribution in [0.15, 0.2) is 6.20 Å². The molecule has 0 saturated heterocycles. The Morgan fingerprint density at radius 3 is 3.09 bits per heavy atom. The van der Waals surface area contributed by atoms with Gasteiger partial charge in [0.15, 0.2) is 4.88 Å². The normalized spacial score (nSPS) is 9.64. The molecule has 0 aliphatic heterocycles. The fourth-order valence-electron chi connectivity index (χ4n) is 0.559. The Kier molecular flexibility index (Phi) is 2.84. The van der Waals surface area contributed by atoms with Crippen molar-refractivity contribution in [1.82, 2.24) is 4.37 Å². The number of carbonyl (C=O) groups is 1. The number of rotatable bonds is 2. The molecule has 0 aliphatic carbocycles. The van der Waals surface area contributed by atoms with Gasteiger partial charge in [-0.25, -0.2) is 4.79 Å². The minimum Gasteiger partial charge on any atom is -0.462 e. The van der Waals surface area contributed by atoms with Crippen LogP contribution < -0.4 is 0 Å². The molecule has 0 fully saturated rings. The number of aromatic nitrogens is 1. The fraction of sp³-hybridized carbons (Fsp3) is 0.333. The van der Waals surface area contributed by atoms with Crippen molar-refractivity contribution < 1.29 is 9.53 Å². The van der Waals surface area contributed by atoms with Gasteiger partial charge in [0.2, 0.25) is 0 Å². The third kappa shape index (κ3) is 1.91. The van der Waals surface area contributed by atoms with Gasteiger partial charge in [0.1, 0.15) is 0 Å². The number of esters is 1. The minimum absolute atomic E-state index is 0.354. The van der Waals surface area contributed by atoms with Crippen LogP contribution in [-0.4, -0.2) is 16.9 Å². The molecule has 0 N–H and O–H groups in total. The Bertz CT molecular complexity index is 261. The van der Waals surface area contributed by atoms with Gasteiger partial charge >= 0.3 is 5.97 Å². The Morgan fingerprint density at radius 2 is 2.64 bits per heavy atom. The van der Waals surface area contributed by atoms with Crippen LogP contribution in [0.1, 0.15) is 16.6 Å². The summed E-state index contributed by atoms with van der Waals surface area (Å²) < 4.78 is 8.45. The zero-order valence-electron chi connectivity index (χ0n) is 5.83. The van der Waals surface area contributed by atoms with Gasteiger partial charge in [-0.1, -0.05) is 11.6 Å². The lowest BCUT2D eigenvalue weighted by Crippen LogP contribution is -2.02. The molecular weight excluding hydrogens is 186 g/mol. The average Bonchev–Trinajstić information content (AvgIpc) is 2.36. The van der Waals surface area contributed by atoms with Gasteiger partial charge in [-0.3, -0.25) is 0 Å². The van der Waals surface area contributed by atoms with Gasteiger partial charge in [0.25, 0.3) is 0 Å². The fourth-order valence-corrected chi connectivity index (χ4v) is 1.38. The molecule has 0 unspecified atom stereocenters. The van der Waals surface area contributed by atoms with Crippen molar-refractivity contribution >= 4 is 29.1 Å². The summed E-state index contributed by atoms with van der Waals surface area (Å²) in [5, 5.41) is 0.355. The molecule has 0 spiro atoms. The molecule has 0 bridgehead atoms. The van der Waals surface area contributed by atoms with Crippen molar-refractivity contribution in [2.24, 2.45) is 0 Å². The third-order valence-electron chi connectivity index (χ3n) is 0.988. The molecule has 1 heterocycles. The molecule has 60 valence electrons. The van der Waals surface area contributed by atoms with Gasteiger partial charge in [0, 0.05) is 0 Å². The smallest absolute Gasteiger partial charge is 0.351 e. The zero-order valence-corrected chi connectivity index (χ0v) is 7.41. The summed E-state index contributed by atoms with van der Waals surface area (Å²) in [6.45, 7) is 2.10. The monoisotopic (exact) mass is 191 g/mol. The topological polar surface area (TPSA) is 39.2 Å². The molecule has 0 aliphatic rings. The van der Waals surface area contributed by atoms with Crippen molar-refractivity contribution in [2.45, 2.75) is 6.92 Å². The van der Waals surface area contributed by atoms with Crippen molar-refractivity contribution in [2.75, 3.05) is 6.61 Å². The minimum atomic E-state index is -0.403. The Hall–Kier alpha value is -0.610. The Balaban J connectivity index is 2.76. The summed E-state index contributed by atoms with van der Waals surface area (Å²) >= 11 is 6.66. The quantitative estimate of drug-likeness (QED) is 0.671. The van der Waals surface area contributed by atoms with E-state index < -0.39 is 5.97 Å². The molecule has 1 rings (SSSR count). The van der Waals surface area contributed by atoms with Crippen molar-refractivity contribution in [3.05, 3.63) is 16.1 Å². The summed E-state index contributed by atoms with van der Waals surface area (Å²) in [5.41, 5.74) is 0. The van der Waals surface area contributed by atoms with E-state index in [9.17, 15) is 4.79 Å². The molecule has 3 nitrogen and oxygen atoms in total. The first-order valence-electron chi connectivity index (χ1n) is 3.03. The summed E-state index contributed by atoms with van der Waals surface area (Å²) in [6, 6.07) is 0. The van der Waals surface area contributed by atoms with E-state index in [2.05, 4.69) is 4.37 Å². The highest BCUT2D eigenvalue weighted by atomic mass is 35.5. The SMILES string of the molecule is CCOC(=O)c1sncc1Cl. The van der Waals surface area contributed by atoms with Crippen LogP contribution in [0, 0.1) is 0 Å². The van der Waals surface area contributed by atoms with Crippen LogP contribution >= 0.6 is 23.1 Å². The molecule has 0 saturated carbocycles. The summed E-state index contributed by atoms with van der Waals surface area (Å²) in [6.07, 6.45) is 1.43. The van der Waals surface area contributed by atoms with Gasteiger partial charge in [-0.15, -0.1) is 0 Å². The van der Waals surface area contributed by atoms with Crippen LogP contribution in [0.25, 0.3) is 0 Å². The first-order valence-corrected chi connectivity index (χ1v) is 4.18. The van der Waals surface area contributed by atoms with Crippen LogP contribution in [-0.2, 0) is 4.74 Å². The van der Waals surface area contributed by atoms with Gasteiger partial charge < -0.3 is 4.74 Å². The number of hydrogen-bond acceptors (Lipinski definition) is 4. The van der Waals surface area contributed by atoms with E-state index in [4.69, 9.17) is 16.3 Å². The molecule has 11 heavy (non-hydrogen) atoms. The van der Waals surface area contributed by atoms with Crippen LogP contribution in [0.4, 0.5) is 0 Å². The van der Waals surface area contributed by atoms with Gasteiger partial charge in [-0.2, -0.15) is 4.37 Å². The lowest BCUT2D eigenvalue weighted by molar-refractivity contribution is 0.0532. The second kappa shape index (κ2) is 3.69. The van der Waals surface area contributed by atoms with E-state index in [1.165, 1.54) is 6.20 Å². The molecule has 0 aromatic carbocycles. The maximum atomic E-state index is 11.0. The van der Waals surface area contributed by atoms with Crippen LogP contribution in [0.5, 0.6) is 0 Å². The standard InChI is InChI=1S/C6H6ClNO2S/c1-2-10-6(9)5-4(7)3-8-11-5/h3H,2H2,1H3. The molecular formula is C6H6ClNO2S. The highest BCUT2D eigenvalue weighted by Gasteiger charge is 2.13. The number of halogens is 1. The van der Waals surface area contributed by atoms with Gasteiger partial charge in [-0.05, 0) is 18.5 Å². The number of nitrogens with zero attached hydrogens (tertiary/aromatic N) is 1. The van der Waals surface area contributed by atoms with E-state index in [0.717, 1.165) is 11.5 Å². The van der Waals surface area contributed by atoms with Crippen molar-refractivity contribution in [3.8, 4) is 0 Å². The van der Waals surface area contributed by atoms with Gasteiger partial charge in [0.05, 0.1) is 17.8 Å². The molecule has 5 heteroatoms. The van der Waals surface area contributed by atoms with E-state index in [1.807, 2.05) is 0 Å². The predicted molar refractivity (Wildman–Crippen MR) is 43.1 cm³/mol. The second-order valence-electron chi connectivity index (χ2n) is 1.72. The van der Waals surface area contributed by atoms with Crippen molar-refractivity contribution in [3.63, 3.8) is 0 Å². The highest BCUT2D eigenvalue weighted by molar-refractivity contribution is 7.08. The summed E-state index contributed by atoms with van der Waals surface area (Å²) in [5.74, 6) is -0.403.